The van der Waals surface area contributed by atoms with E-state index in [1.54, 1.807) is 12.1 Å². The van der Waals surface area contributed by atoms with E-state index >= 15 is 0 Å². The Morgan fingerprint density at radius 1 is 1.16 bits per heavy atom. The van der Waals surface area contributed by atoms with Crippen molar-refractivity contribution in [3.63, 3.8) is 0 Å². The van der Waals surface area contributed by atoms with Crippen LogP contribution in [0.5, 0.6) is 0 Å². The van der Waals surface area contributed by atoms with Crippen LogP contribution in [-0.4, -0.2) is 4.92 Å². The molecule has 0 heterocycles. The van der Waals surface area contributed by atoms with Crippen LogP contribution in [0, 0.1) is 24.0 Å². The van der Waals surface area contributed by atoms with Crippen LogP contribution in [0.2, 0.25) is 5.02 Å². The number of halogens is 1. The molecule has 0 aliphatic carbocycles. The molecule has 2 rings (SSSR count). The van der Waals surface area contributed by atoms with Gasteiger partial charge in [-0.1, -0.05) is 41.6 Å². The maximum absolute atomic E-state index is 11.1. The van der Waals surface area contributed by atoms with Crippen LogP contribution in [0.15, 0.2) is 46.2 Å². The van der Waals surface area contributed by atoms with Crippen LogP contribution >= 0.6 is 23.4 Å². The van der Waals surface area contributed by atoms with Crippen LogP contribution in [0.1, 0.15) is 11.1 Å². The summed E-state index contributed by atoms with van der Waals surface area (Å²) in [4.78, 5) is 12.2. The third kappa shape index (κ3) is 3.08. The minimum absolute atomic E-state index is 0.0323. The van der Waals surface area contributed by atoms with Crippen molar-refractivity contribution >= 4 is 29.1 Å². The van der Waals surface area contributed by atoms with Crippen LogP contribution in [-0.2, 0) is 0 Å². The first-order valence-corrected chi connectivity index (χ1v) is 6.86. The van der Waals surface area contributed by atoms with Crippen LogP contribution in [0.4, 0.5) is 5.69 Å². The van der Waals surface area contributed by atoms with Gasteiger partial charge in [0.15, 0.2) is 0 Å². The minimum atomic E-state index is -0.435. The highest BCUT2D eigenvalue weighted by Gasteiger charge is 2.19. The Kier molecular flexibility index (Phi) is 4.12. The Morgan fingerprint density at radius 3 is 2.58 bits per heavy atom. The highest BCUT2D eigenvalue weighted by Crippen LogP contribution is 2.40. The molecule has 98 valence electrons. The lowest BCUT2D eigenvalue weighted by Gasteiger charge is -2.08. The standard InChI is InChI=1S/C14H12ClNO2S/c1-9-6-7-10(2)13(8-9)19-12-5-3-4-11(15)14(12)16(17)18/h3-8H,1-2H3. The van der Waals surface area contributed by atoms with E-state index in [-0.39, 0.29) is 10.7 Å². The van der Waals surface area contributed by atoms with Crippen molar-refractivity contribution in [3.05, 3.63) is 62.7 Å². The molecule has 19 heavy (non-hydrogen) atoms. The first kappa shape index (κ1) is 13.9. The van der Waals surface area contributed by atoms with Crippen LogP contribution in [0.3, 0.4) is 0 Å². The van der Waals surface area contributed by atoms with Gasteiger partial charge in [-0.3, -0.25) is 10.1 Å². The Bertz CT molecular complexity index is 643. The molecule has 0 aliphatic rings. The van der Waals surface area contributed by atoms with Crippen molar-refractivity contribution in [2.24, 2.45) is 0 Å². The SMILES string of the molecule is Cc1ccc(C)c(Sc2cccc(Cl)c2[N+](=O)[O-])c1. The van der Waals surface area contributed by atoms with Crippen molar-refractivity contribution in [1.82, 2.24) is 0 Å². The predicted molar refractivity (Wildman–Crippen MR) is 78.1 cm³/mol. The molecule has 0 bridgehead atoms. The Hall–Kier alpha value is -1.52. The third-order valence-corrected chi connectivity index (χ3v) is 4.21. The molecule has 0 amide bonds. The van der Waals surface area contributed by atoms with Gasteiger partial charge in [0.05, 0.1) is 9.82 Å². The maximum Gasteiger partial charge on any atom is 0.301 e. The number of rotatable bonds is 3. The van der Waals surface area contributed by atoms with E-state index in [9.17, 15) is 10.1 Å². The van der Waals surface area contributed by atoms with Gasteiger partial charge in [-0.15, -0.1) is 0 Å². The number of nitro benzene ring substituents is 1. The van der Waals surface area contributed by atoms with Crippen molar-refractivity contribution in [2.45, 2.75) is 23.6 Å². The Balaban J connectivity index is 2.46. The minimum Gasteiger partial charge on any atom is -0.258 e. The summed E-state index contributed by atoms with van der Waals surface area (Å²) in [6, 6.07) is 11.0. The zero-order chi connectivity index (χ0) is 14.0. The summed E-state index contributed by atoms with van der Waals surface area (Å²) >= 11 is 7.28. The molecule has 3 nitrogen and oxygen atoms in total. The maximum atomic E-state index is 11.1. The van der Waals surface area contributed by atoms with Gasteiger partial charge in [0.1, 0.15) is 5.02 Å². The summed E-state index contributed by atoms with van der Waals surface area (Å²) in [6.07, 6.45) is 0. The molecule has 2 aromatic carbocycles. The van der Waals surface area contributed by atoms with E-state index in [1.165, 1.54) is 17.8 Å². The van der Waals surface area contributed by atoms with E-state index in [1.807, 2.05) is 32.0 Å². The average Bonchev–Trinajstić information content (AvgIpc) is 2.33. The van der Waals surface area contributed by atoms with Gasteiger partial charge in [-0.25, -0.2) is 0 Å². The summed E-state index contributed by atoms with van der Waals surface area (Å²) in [5.74, 6) is 0. The van der Waals surface area contributed by atoms with Gasteiger partial charge in [-0.2, -0.15) is 0 Å². The number of nitrogens with zero attached hydrogens (tertiary/aromatic N) is 1. The number of para-hydroxylation sites is 1. The number of nitro groups is 1. The van der Waals surface area contributed by atoms with E-state index in [4.69, 9.17) is 11.6 Å². The average molecular weight is 294 g/mol. The summed E-state index contributed by atoms with van der Waals surface area (Å²) < 4.78 is 0. The van der Waals surface area contributed by atoms with E-state index in [0.717, 1.165) is 16.0 Å². The summed E-state index contributed by atoms with van der Waals surface area (Å²) in [5, 5.41) is 11.3. The molecular weight excluding hydrogens is 282 g/mol. The largest absolute Gasteiger partial charge is 0.301 e. The molecule has 0 spiro atoms. The first-order valence-electron chi connectivity index (χ1n) is 5.67. The van der Waals surface area contributed by atoms with Crippen molar-refractivity contribution in [3.8, 4) is 0 Å². The fourth-order valence-electron chi connectivity index (χ4n) is 1.69. The molecule has 0 saturated heterocycles. The van der Waals surface area contributed by atoms with Gasteiger partial charge in [0.2, 0.25) is 0 Å². The number of benzene rings is 2. The highest BCUT2D eigenvalue weighted by atomic mass is 35.5. The molecule has 0 N–H and O–H groups in total. The molecule has 0 fully saturated rings. The van der Waals surface area contributed by atoms with E-state index < -0.39 is 4.92 Å². The molecule has 0 atom stereocenters. The fourth-order valence-corrected chi connectivity index (χ4v) is 3.13. The Labute approximate surface area is 120 Å². The predicted octanol–water partition coefficient (Wildman–Crippen LogP) is 5.02. The molecule has 0 aliphatic heterocycles. The smallest absolute Gasteiger partial charge is 0.258 e. The Morgan fingerprint density at radius 2 is 1.89 bits per heavy atom. The van der Waals surface area contributed by atoms with Crippen molar-refractivity contribution in [1.29, 1.82) is 0 Å². The first-order chi connectivity index (χ1) is 8.99. The zero-order valence-electron chi connectivity index (χ0n) is 10.5. The quantitative estimate of drug-likeness (QED) is 0.590. The highest BCUT2D eigenvalue weighted by molar-refractivity contribution is 7.99. The lowest BCUT2D eigenvalue weighted by Crippen LogP contribution is -1.92. The lowest BCUT2D eigenvalue weighted by atomic mass is 10.2. The third-order valence-electron chi connectivity index (χ3n) is 2.70. The van der Waals surface area contributed by atoms with Gasteiger partial charge in [-0.05, 0) is 43.2 Å². The summed E-state index contributed by atoms with van der Waals surface area (Å²) in [5.41, 5.74) is 2.18. The molecule has 0 aromatic heterocycles. The topological polar surface area (TPSA) is 43.1 Å². The van der Waals surface area contributed by atoms with Gasteiger partial charge in [0, 0.05) is 4.90 Å². The van der Waals surface area contributed by atoms with E-state index in [0.29, 0.717) is 4.90 Å². The van der Waals surface area contributed by atoms with Crippen LogP contribution < -0.4 is 0 Å². The number of hydrogen-bond acceptors (Lipinski definition) is 3. The van der Waals surface area contributed by atoms with Gasteiger partial charge in [0.25, 0.3) is 0 Å². The van der Waals surface area contributed by atoms with Crippen molar-refractivity contribution < 1.29 is 4.92 Å². The second-order valence-electron chi connectivity index (χ2n) is 4.21. The van der Waals surface area contributed by atoms with Gasteiger partial charge < -0.3 is 0 Å². The molecule has 0 radical (unpaired) electrons. The number of aryl methyl sites for hydroxylation is 2. The molecule has 0 saturated carbocycles. The summed E-state index contributed by atoms with van der Waals surface area (Å²) in [6.45, 7) is 3.98. The lowest BCUT2D eigenvalue weighted by molar-refractivity contribution is -0.387. The molecular formula is C14H12ClNO2S. The second kappa shape index (κ2) is 5.63. The monoisotopic (exact) mass is 293 g/mol. The fraction of sp³-hybridized carbons (Fsp3) is 0.143. The normalized spacial score (nSPS) is 10.5. The van der Waals surface area contributed by atoms with E-state index in [2.05, 4.69) is 0 Å². The molecule has 5 heteroatoms. The second-order valence-corrected chi connectivity index (χ2v) is 5.71. The molecule has 2 aromatic rings. The summed E-state index contributed by atoms with van der Waals surface area (Å²) in [7, 11) is 0. The van der Waals surface area contributed by atoms with Crippen LogP contribution in [0.25, 0.3) is 0 Å². The number of hydrogen-bond donors (Lipinski definition) is 0. The molecule has 0 unspecified atom stereocenters. The van der Waals surface area contributed by atoms with Crippen molar-refractivity contribution in [2.75, 3.05) is 0 Å². The van der Waals surface area contributed by atoms with Gasteiger partial charge >= 0.3 is 5.69 Å². The zero-order valence-corrected chi connectivity index (χ0v) is 12.1.